The summed E-state index contributed by atoms with van der Waals surface area (Å²) in [5.74, 6) is 0.392. The highest BCUT2D eigenvalue weighted by molar-refractivity contribution is 7.09. The van der Waals surface area contributed by atoms with Gasteiger partial charge < -0.3 is 10.1 Å². The van der Waals surface area contributed by atoms with Crippen molar-refractivity contribution in [3.05, 3.63) is 24.0 Å². The molecule has 1 aromatic carbocycles. The molecule has 0 amide bonds. The molecule has 1 heterocycles. The van der Waals surface area contributed by atoms with Crippen LogP contribution < -0.4 is 10.1 Å². The third-order valence-corrected chi connectivity index (χ3v) is 3.03. The van der Waals surface area contributed by atoms with Crippen LogP contribution >= 0.6 is 11.5 Å². The molecule has 0 aliphatic rings. The number of benzene rings is 1. The van der Waals surface area contributed by atoms with Crippen LogP contribution in [0.2, 0.25) is 0 Å². The van der Waals surface area contributed by atoms with Crippen LogP contribution in [0.25, 0.3) is 11.4 Å². The van der Waals surface area contributed by atoms with E-state index in [0.29, 0.717) is 5.82 Å². The van der Waals surface area contributed by atoms with E-state index >= 15 is 0 Å². The van der Waals surface area contributed by atoms with Crippen LogP contribution in [0.3, 0.4) is 0 Å². The molecule has 96 valence electrons. The Labute approximate surface area is 109 Å². The lowest BCUT2D eigenvalue weighted by atomic mass is 10.2. The van der Waals surface area contributed by atoms with E-state index in [4.69, 9.17) is 4.74 Å². The third kappa shape index (κ3) is 2.76. The van der Waals surface area contributed by atoms with Gasteiger partial charge in [-0.15, -0.1) is 0 Å². The first kappa shape index (κ1) is 12.8. The summed E-state index contributed by atoms with van der Waals surface area (Å²) in [7, 11) is 1.44. The monoisotopic (exact) mass is 267 g/mol. The molecule has 2 rings (SSSR count). The second-order valence-electron chi connectivity index (χ2n) is 3.70. The molecule has 0 aliphatic carbocycles. The molecule has 0 spiro atoms. The summed E-state index contributed by atoms with van der Waals surface area (Å²) >= 11 is 1.30. The number of rotatable bonds is 5. The molecule has 0 bridgehead atoms. The van der Waals surface area contributed by atoms with Crippen LogP contribution in [-0.2, 0) is 0 Å². The lowest BCUT2D eigenvalue weighted by Crippen LogP contribution is -1.98. The number of anilines is 1. The second kappa shape index (κ2) is 5.77. The largest absolute Gasteiger partial charge is 0.494 e. The third-order valence-electron chi connectivity index (χ3n) is 2.36. The van der Waals surface area contributed by atoms with Crippen molar-refractivity contribution in [3.63, 3.8) is 0 Å². The van der Waals surface area contributed by atoms with Crippen molar-refractivity contribution in [2.75, 3.05) is 19.0 Å². The zero-order valence-corrected chi connectivity index (χ0v) is 11.1. The number of hydrogen-bond donors (Lipinski definition) is 1. The molecule has 0 saturated carbocycles. The lowest BCUT2D eigenvalue weighted by molar-refractivity contribution is 0.387. The fourth-order valence-electron chi connectivity index (χ4n) is 1.44. The van der Waals surface area contributed by atoms with Gasteiger partial charge in [0.1, 0.15) is 0 Å². The first-order chi connectivity index (χ1) is 8.74. The van der Waals surface area contributed by atoms with Gasteiger partial charge in [-0.05, 0) is 24.6 Å². The number of ether oxygens (including phenoxy) is 1. The second-order valence-corrected chi connectivity index (χ2v) is 4.45. The average Bonchev–Trinajstić information content (AvgIpc) is 2.85. The Kier molecular flexibility index (Phi) is 4.09. The van der Waals surface area contributed by atoms with Crippen LogP contribution in [-0.4, -0.2) is 23.0 Å². The summed E-state index contributed by atoms with van der Waals surface area (Å²) in [6.45, 7) is 2.95. The first-order valence-corrected chi connectivity index (χ1v) is 6.43. The van der Waals surface area contributed by atoms with Crippen LogP contribution in [0.4, 0.5) is 9.52 Å². The molecule has 0 radical (unpaired) electrons. The van der Waals surface area contributed by atoms with Gasteiger partial charge in [0.25, 0.3) is 0 Å². The van der Waals surface area contributed by atoms with Crippen molar-refractivity contribution in [2.24, 2.45) is 0 Å². The average molecular weight is 267 g/mol. The van der Waals surface area contributed by atoms with Crippen molar-refractivity contribution in [1.82, 2.24) is 9.36 Å². The molecule has 2 aromatic rings. The van der Waals surface area contributed by atoms with Crippen LogP contribution in [0, 0.1) is 5.82 Å². The highest BCUT2D eigenvalue weighted by atomic mass is 32.1. The molecule has 0 aliphatic heterocycles. The smallest absolute Gasteiger partial charge is 0.202 e. The summed E-state index contributed by atoms with van der Waals surface area (Å²) < 4.78 is 22.5. The maximum atomic E-state index is 13.3. The highest BCUT2D eigenvalue weighted by Gasteiger charge is 2.09. The zero-order valence-electron chi connectivity index (χ0n) is 10.2. The Balaban J connectivity index is 2.23. The van der Waals surface area contributed by atoms with Gasteiger partial charge in [0.05, 0.1) is 7.11 Å². The van der Waals surface area contributed by atoms with Gasteiger partial charge in [-0.2, -0.15) is 9.36 Å². The summed E-state index contributed by atoms with van der Waals surface area (Å²) in [5.41, 5.74) is 0.744. The Hall–Kier alpha value is -1.69. The minimum atomic E-state index is -0.388. The minimum Gasteiger partial charge on any atom is -0.494 e. The molecule has 6 heteroatoms. The predicted octanol–water partition coefficient (Wildman–Crippen LogP) is 3.17. The summed E-state index contributed by atoms with van der Waals surface area (Å²) in [5, 5.41) is 3.94. The van der Waals surface area contributed by atoms with Crippen molar-refractivity contribution < 1.29 is 9.13 Å². The number of methoxy groups -OCH3 is 1. The van der Waals surface area contributed by atoms with Gasteiger partial charge in [-0.25, -0.2) is 4.39 Å². The minimum absolute atomic E-state index is 0.199. The highest BCUT2D eigenvalue weighted by Crippen LogP contribution is 2.26. The van der Waals surface area contributed by atoms with E-state index in [1.165, 1.54) is 24.7 Å². The van der Waals surface area contributed by atoms with Crippen LogP contribution in [0.15, 0.2) is 18.2 Å². The fourth-order valence-corrected chi connectivity index (χ4v) is 2.06. The molecule has 4 nitrogen and oxygen atoms in total. The summed E-state index contributed by atoms with van der Waals surface area (Å²) in [6, 6.07) is 4.60. The number of hydrogen-bond acceptors (Lipinski definition) is 5. The van der Waals surface area contributed by atoms with Gasteiger partial charge in [-0.1, -0.05) is 6.92 Å². The van der Waals surface area contributed by atoms with Gasteiger partial charge in [0.15, 0.2) is 17.4 Å². The maximum absolute atomic E-state index is 13.3. The van der Waals surface area contributed by atoms with Crippen molar-refractivity contribution in [2.45, 2.75) is 13.3 Å². The Bertz CT molecular complexity index is 530. The number of nitrogens with one attached hydrogen (secondary N) is 1. The van der Waals surface area contributed by atoms with Crippen molar-refractivity contribution >= 4 is 16.7 Å². The maximum Gasteiger partial charge on any atom is 0.202 e. The molecular formula is C12H14FN3OS. The number of aromatic nitrogens is 2. The fraction of sp³-hybridized carbons (Fsp3) is 0.333. The Morgan fingerprint density at radius 1 is 1.44 bits per heavy atom. The van der Waals surface area contributed by atoms with Gasteiger partial charge in [0.2, 0.25) is 5.13 Å². The SMILES string of the molecule is CCCNc1nc(-c2ccc(F)c(OC)c2)ns1. The molecule has 18 heavy (non-hydrogen) atoms. The first-order valence-electron chi connectivity index (χ1n) is 5.66. The van der Waals surface area contributed by atoms with E-state index in [1.54, 1.807) is 12.1 Å². The van der Waals surface area contributed by atoms with E-state index < -0.39 is 0 Å². The Morgan fingerprint density at radius 2 is 2.28 bits per heavy atom. The molecule has 0 atom stereocenters. The van der Waals surface area contributed by atoms with Crippen molar-refractivity contribution in [1.29, 1.82) is 0 Å². The van der Waals surface area contributed by atoms with Crippen LogP contribution in [0.5, 0.6) is 5.75 Å². The van der Waals surface area contributed by atoms with Crippen LogP contribution in [0.1, 0.15) is 13.3 Å². The molecular weight excluding hydrogens is 253 g/mol. The number of halogens is 1. The van der Waals surface area contributed by atoms with E-state index in [0.717, 1.165) is 23.7 Å². The molecule has 0 fully saturated rings. The van der Waals surface area contributed by atoms with Gasteiger partial charge in [-0.3, -0.25) is 0 Å². The molecule has 0 unspecified atom stereocenters. The van der Waals surface area contributed by atoms with Gasteiger partial charge in [0, 0.05) is 23.6 Å². The molecule has 1 N–H and O–H groups in total. The molecule has 1 aromatic heterocycles. The van der Waals surface area contributed by atoms with E-state index in [1.807, 2.05) is 0 Å². The summed E-state index contributed by atoms with van der Waals surface area (Å²) in [6.07, 6.45) is 1.03. The standard InChI is InChI=1S/C12H14FN3OS/c1-3-6-14-12-15-11(16-18-12)8-4-5-9(13)10(7-8)17-2/h4-5,7H,3,6H2,1-2H3,(H,14,15,16). The zero-order chi connectivity index (χ0) is 13.0. The van der Waals surface area contributed by atoms with Crippen molar-refractivity contribution in [3.8, 4) is 17.1 Å². The molecule has 0 saturated heterocycles. The van der Waals surface area contributed by atoms with E-state index in [2.05, 4.69) is 21.6 Å². The Morgan fingerprint density at radius 3 is 3.00 bits per heavy atom. The quantitative estimate of drug-likeness (QED) is 0.904. The van der Waals surface area contributed by atoms with E-state index in [-0.39, 0.29) is 11.6 Å². The lowest BCUT2D eigenvalue weighted by Gasteiger charge is -2.02. The normalized spacial score (nSPS) is 10.4. The number of nitrogens with zero attached hydrogens (tertiary/aromatic N) is 2. The predicted molar refractivity (Wildman–Crippen MR) is 70.6 cm³/mol. The topological polar surface area (TPSA) is 47.0 Å². The van der Waals surface area contributed by atoms with Gasteiger partial charge >= 0.3 is 0 Å². The van der Waals surface area contributed by atoms with E-state index in [9.17, 15) is 4.39 Å². The summed E-state index contributed by atoms with van der Waals surface area (Å²) in [4.78, 5) is 4.34.